The Morgan fingerprint density at radius 2 is 1.95 bits per heavy atom. The molecule has 5 nitrogen and oxygen atoms in total. The van der Waals surface area contributed by atoms with E-state index in [0.717, 1.165) is 36.6 Å². The van der Waals surface area contributed by atoms with Crippen molar-refractivity contribution in [3.05, 3.63) is 30.2 Å². The molecule has 1 aromatic carbocycles. The van der Waals surface area contributed by atoms with Crippen molar-refractivity contribution in [2.75, 3.05) is 26.7 Å². The van der Waals surface area contributed by atoms with Crippen molar-refractivity contribution < 1.29 is 9.26 Å². The van der Waals surface area contributed by atoms with Gasteiger partial charge in [0.25, 0.3) is 0 Å². The fourth-order valence-corrected chi connectivity index (χ4v) is 3.92. The predicted octanol–water partition coefficient (Wildman–Crippen LogP) is 2.87. The topological polar surface area (TPSA) is 51.4 Å². The molecule has 0 aliphatic carbocycles. The van der Waals surface area contributed by atoms with Crippen LogP contribution < -0.4 is 4.74 Å². The first-order valence-electron chi connectivity index (χ1n) is 8.01. The third kappa shape index (κ3) is 2.20. The molecule has 0 radical (unpaired) electrons. The number of ether oxygens (including phenoxy) is 1. The van der Waals surface area contributed by atoms with Gasteiger partial charge in [-0.15, -0.1) is 0 Å². The van der Waals surface area contributed by atoms with E-state index >= 15 is 0 Å². The summed E-state index contributed by atoms with van der Waals surface area (Å²) in [6.07, 6.45) is 4.73. The van der Waals surface area contributed by atoms with Crippen LogP contribution in [-0.4, -0.2) is 41.8 Å². The Labute approximate surface area is 130 Å². The first-order chi connectivity index (χ1) is 10.8. The largest absolute Gasteiger partial charge is 0.496 e. The van der Waals surface area contributed by atoms with Gasteiger partial charge in [-0.3, -0.25) is 0 Å². The van der Waals surface area contributed by atoms with Crippen molar-refractivity contribution in [3.63, 3.8) is 0 Å². The van der Waals surface area contributed by atoms with Crippen molar-refractivity contribution in [1.29, 1.82) is 0 Å². The summed E-state index contributed by atoms with van der Waals surface area (Å²) in [7, 11) is 1.67. The average Bonchev–Trinajstić information content (AvgIpc) is 3.05. The lowest BCUT2D eigenvalue weighted by Crippen LogP contribution is -2.50. The lowest BCUT2D eigenvalue weighted by Gasteiger charge is -2.44. The average molecular weight is 299 g/mol. The number of benzene rings is 1. The molecule has 2 aromatic rings. The first kappa shape index (κ1) is 13.8. The highest BCUT2D eigenvalue weighted by atomic mass is 16.5. The Morgan fingerprint density at radius 3 is 2.73 bits per heavy atom. The van der Waals surface area contributed by atoms with E-state index in [1.54, 1.807) is 7.11 Å². The Kier molecular flexibility index (Phi) is 3.37. The molecule has 0 N–H and O–H groups in total. The Morgan fingerprint density at radius 1 is 1.18 bits per heavy atom. The molecule has 22 heavy (non-hydrogen) atoms. The van der Waals surface area contributed by atoms with Crippen molar-refractivity contribution >= 4 is 0 Å². The number of nitrogens with zero attached hydrogens (tertiary/aromatic N) is 3. The molecule has 5 heteroatoms. The molecule has 2 aliphatic rings. The smallest absolute Gasteiger partial charge is 0.234 e. The summed E-state index contributed by atoms with van der Waals surface area (Å²) >= 11 is 0. The van der Waals surface area contributed by atoms with E-state index < -0.39 is 0 Å². The number of hydrogen-bond donors (Lipinski definition) is 0. The number of para-hydroxylation sites is 1. The number of rotatable bonds is 3. The summed E-state index contributed by atoms with van der Waals surface area (Å²) in [5.74, 6) is 2.21. The van der Waals surface area contributed by atoms with Gasteiger partial charge in [0, 0.05) is 6.54 Å². The molecule has 0 atom stereocenters. The molecule has 2 saturated heterocycles. The molecule has 0 amide bonds. The van der Waals surface area contributed by atoms with E-state index in [1.807, 2.05) is 24.3 Å². The molecule has 2 aliphatic heterocycles. The summed E-state index contributed by atoms with van der Waals surface area (Å²) in [6, 6.07) is 7.81. The standard InChI is InChI=1S/C17H21N3O2/c1-21-14-7-3-2-6-13(14)15-18-16(22-19-15)17-8-4-10-20(12-17)11-5-9-17/h2-3,6-7H,4-5,8-12H2,1H3. The van der Waals surface area contributed by atoms with Gasteiger partial charge in [-0.2, -0.15) is 4.98 Å². The zero-order valence-electron chi connectivity index (χ0n) is 12.9. The SMILES string of the molecule is COc1ccccc1-c1noc(C23CCCN(CCC2)C3)n1. The summed E-state index contributed by atoms with van der Waals surface area (Å²) < 4.78 is 11.1. The van der Waals surface area contributed by atoms with E-state index in [0.29, 0.717) is 5.82 Å². The van der Waals surface area contributed by atoms with Gasteiger partial charge in [-0.25, -0.2) is 0 Å². The number of hydrogen-bond acceptors (Lipinski definition) is 5. The van der Waals surface area contributed by atoms with Crippen LogP contribution in [0.15, 0.2) is 28.8 Å². The Bertz CT molecular complexity index is 657. The maximum Gasteiger partial charge on any atom is 0.234 e. The maximum absolute atomic E-state index is 5.69. The maximum atomic E-state index is 5.69. The molecule has 3 heterocycles. The number of piperidine rings is 2. The molecular weight excluding hydrogens is 278 g/mol. The van der Waals surface area contributed by atoms with Gasteiger partial charge < -0.3 is 14.2 Å². The Hall–Kier alpha value is -1.88. The number of fused-ring (bicyclic) bond motifs is 2. The van der Waals surface area contributed by atoms with Gasteiger partial charge in [0.1, 0.15) is 5.75 Å². The van der Waals surface area contributed by atoms with Gasteiger partial charge in [0.2, 0.25) is 11.7 Å². The molecule has 0 saturated carbocycles. The normalized spacial score (nSPS) is 27.6. The van der Waals surface area contributed by atoms with E-state index in [1.165, 1.54) is 25.9 Å². The minimum atomic E-state index is 0.0593. The molecular formula is C17H21N3O2. The van der Waals surface area contributed by atoms with Crippen LogP contribution in [0.2, 0.25) is 0 Å². The van der Waals surface area contributed by atoms with Crippen LogP contribution in [0.25, 0.3) is 11.4 Å². The highest BCUT2D eigenvalue weighted by Crippen LogP contribution is 2.41. The highest BCUT2D eigenvalue weighted by molar-refractivity contribution is 5.63. The first-order valence-corrected chi connectivity index (χ1v) is 8.01. The van der Waals surface area contributed by atoms with Crippen molar-refractivity contribution in [3.8, 4) is 17.1 Å². The van der Waals surface area contributed by atoms with Gasteiger partial charge in [-0.1, -0.05) is 17.3 Å². The summed E-state index contributed by atoms with van der Waals surface area (Å²) in [4.78, 5) is 7.27. The Balaban J connectivity index is 1.69. The lowest BCUT2D eigenvalue weighted by atomic mass is 9.73. The van der Waals surface area contributed by atoms with Gasteiger partial charge in [-0.05, 0) is 50.9 Å². The van der Waals surface area contributed by atoms with E-state index in [-0.39, 0.29) is 5.41 Å². The minimum Gasteiger partial charge on any atom is -0.496 e. The summed E-state index contributed by atoms with van der Waals surface area (Å²) in [6.45, 7) is 3.46. The van der Waals surface area contributed by atoms with Crippen molar-refractivity contribution in [2.45, 2.75) is 31.1 Å². The quantitative estimate of drug-likeness (QED) is 0.872. The van der Waals surface area contributed by atoms with Crippen molar-refractivity contribution in [2.24, 2.45) is 0 Å². The second-order valence-electron chi connectivity index (χ2n) is 6.39. The van der Waals surface area contributed by atoms with E-state index in [9.17, 15) is 0 Å². The van der Waals surface area contributed by atoms with Crippen LogP contribution in [0.3, 0.4) is 0 Å². The third-order valence-electron chi connectivity index (χ3n) is 5.01. The van der Waals surface area contributed by atoms with Crippen LogP contribution in [0, 0.1) is 0 Å². The molecule has 1 aromatic heterocycles. The second-order valence-corrected chi connectivity index (χ2v) is 6.39. The highest BCUT2D eigenvalue weighted by Gasteiger charge is 2.44. The predicted molar refractivity (Wildman–Crippen MR) is 82.9 cm³/mol. The van der Waals surface area contributed by atoms with Crippen LogP contribution in [0.4, 0.5) is 0 Å². The summed E-state index contributed by atoms with van der Waals surface area (Å²) in [5, 5.41) is 4.23. The zero-order valence-corrected chi connectivity index (χ0v) is 12.9. The molecule has 0 unspecified atom stereocenters. The van der Waals surface area contributed by atoms with Gasteiger partial charge >= 0.3 is 0 Å². The van der Waals surface area contributed by atoms with E-state index in [2.05, 4.69) is 10.1 Å². The van der Waals surface area contributed by atoms with Crippen LogP contribution in [0.1, 0.15) is 31.6 Å². The monoisotopic (exact) mass is 299 g/mol. The molecule has 116 valence electrons. The molecule has 2 fully saturated rings. The second kappa shape index (κ2) is 5.39. The zero-order chi connectivity index (χ0) is 15.0. The van der Waals surface area contributed by atoms with Gasteiger partial charge in [0.05, 0.1) is 18.1 Å². The fourth-order valence-electron chi connectivity index (χ4n) is 3.92. The van der Waals surface area contributed by atoms with E-state index in [4.69, 9.17) is 14.2 Å². The number of aromatic nitrogens is 2. The van der Waals surface area contributed by atoms with Crippen LogP contribution in [-0.2, 0) is 5.41 Å². The minimum absolute atomic E-state index is 0.0593. The third-order valence-corrected chi connectivity index (χ3v) is 5.01. The molecule has 4 rings (SSSR count). The van der Waals surface area contributed by atoms with Crippen LogP contribution >= 0.6 is 0 Å². The fraction of sp³-hybridized carbons (Fsp3) is 0.529. The number of methoxy groups -OCH3 is 1. The van der Waals surface area contributed by atoms with Crippen LogP contribution in [0.5, 0.6) is 5.75 Å². The summed E-state index contributed by atoms with van der Waals surface area (Å²) in [5.41, 5.74) is 0.948. The molecule has 2 bridgehead atoms. The lowest BCUT2D eigenvalue weighted by molar-refractivity contribution is 0.0711. The van der Waals surface area contributed by atoms with Crippen molar-refractivity contribution in [1.82, 2.24) is 15.0 Å². The molecule has 0 spiro atoms. The van der Waals surface area contributed by atoms with Gasteiger partial charge in [0.15, 0.2) is 0 Å².